The lowest BCUT2D eigenvalue weighted by Crippen LogP contribution is -2.21. The summed E-state index contributed by atoms with van der Waals surface area (Å²) >= 11 is 0. The Kier molecular flexibility index (Phi) is 5.72. The van der Waals surface area contributed by atoms with Crippen molar-refractivity contribution in [2.45, 2.75) is 32.1 Å². The maximum atomic E-state index is 9.72. The summed E-state index contributed by atoms with van der Waals surface area (Å²) in [4.78, 5) is 0. The van der Waals surface area contributed by atoms with Gasteiger partial charge in [-0.15, -0.1) is 0 Å². The minimum Gasteiger partial charge on any atom is -0.508 e. The first-order valence-corrected chi connectivity index (χ1v) is 10.5. The van der Waals surface area contributed by atoms with Gasteiger partial charge in [-0.25, -0.2) is 0 Å². The molecule has 0 bridgehead atoms. The van der Waals surface area contributed by atoms with Crippen LogP contribution >= 0.6 is 0 Å². The fourth-order valence-corrected chi connectivity index (χ4v) is 4.19. The molecule has 0 aromatic heterocycles. The predicted molar refractivity (Wildman–Crippen MR) is 125 cm³/mol. The average Bonchev–Trinajstić information content (AvgIpc) is 2.75. The Morgan fingerprint density at radius 2 is 1.17 bits per heavy atom. The van der Waals surface area contributed by atoms with E-state index in [4.69, 9.17) is 0 Å². The molecule has 0 saturated heterocycles. The van der Waals surface area contributed by atoms with Crippen molar-refractivity contribution in [3.05, 3.63) is 137 Å². The van der Waals surface area contributed by atoms with Gasteiger partial charge in [0.05, 0.1) is 0 Å². The van der Waals surface area contributed by atoms with E-state index in [9.17, 15) is 5.11 Å². The smallest absolute Gasteiger partial charge is 0.115 e. The molecule has 0 aliphatic carbocycles. The Balaban J connectivity index is 1.75. The topological polar surface area (TPSA) is 20.2 Å². The van der Waals surface area contributed by atoms with Crippen molar-refractivity contribution in [1.82, 2.24) is 0 Å². The molecule has 150 valence electrons. The second kappa shape index (κ2) is 8.59. The van der Waals surface area contributed by atoms with Gasteiger partial charge >= 0.3 is 0 Å². The highest BCUT2D eigenvalue weighted by molar-refractivity contribution is 5.47. The van der Waals surface area contributed by atoms with Crippen LogP contribution in [-0.2, 0) is 18.3 Å². The maximum absolute atomic E-state index is 9.72. The van der Waals surface area contributed by atoms with E-state index in [0.29, 0.717) is 5.75 Å². The molecule has 30 heavy (non-hydrogen) atoms. The molecule has 1 N–H and O–H groups in total. The Morgan fingerprint density at radius 1 is 0.600 bits per heavy atom. The van der Waals surface area contributed by atoms with Crippen molar-refractivity contribution in [1.29, 1.82) is 0 Å². The molecule has 0 fully saturated rings. The zero-order chi connectivity index (χ0) is 21.0. The van der Waals surface area contributed by atoms with Crippen LogP contribution in [0.4, 0.5) is 0 Å². The largest absolute Gasteiger partial charge is 0.508 e. The fraction of sp³-hybridized carbons (Fsp3) is 0.172. The van der Waals surface area contributed by atoms with Gasteiger partial charge in [0.25, 0.3) is 0 Å². The molecular formula is C29H28O. The van der Waals surface area contributed by atoms with Gasteiger partial charge in [-0.05, 0) is 58.4 Å². The summed E-state index contributed by atoms with van der Waals surface area (Å²) in [5.74, 6) is 0.303. The molecule has 4 aromatic carbocycles. The molecule has 0 saturated carbocycles. The van der Waals surface area contributed by atoms with Crippen LogP contribution in [0.5, 0.6) is 5.75 Å². The number of phenolic OH excluding ortho intramolecular Hbond substituents is 1. The van der Waals surface area contributed by atoms with Crippen molar-refractivity contribution in [2.24, 2.45) is 0 Å². The van der Waals surface area contributed by atoms with Crippen LogP contribution in [0.15, 0.2) is 103 Å². The molecule has 1 nitrogen and oxygen atoms in total. The molecule has 0 spiro atoms. The molecule has 4 aromatic rings. The van der Waals surface area contributed by atoms with Gasteiger partial charge < -0.3 is 5.11 Å². The minimum absolute atomic E-state index is 0.164. The van der Waals surface area contributed by atoms with Gasteiger partial charge in [0, 0.05) is 5.41 Å². The molecule has 0 amide bonds. The molecule has 0 atom stereocenters. The molecule has 0 aliphatic rings. The van der Waals surface area contributed by atoms with Crippen LogP contribution in [0.3, 0.4) is 0 Å². The lowest BCUT2D eigenvalue weighted by atomic mass is 9.74. The SMILES string of the molecule is CC(C)(c1ccc(O)cc1)c1ccc(Cc2ccccc2)cc1Cc1ccccc1. The Morgan fingerprint density at radius 3 is 1.77 bits per heavy atom. The predicted octanol–water partition coefficient (Wildman–Crippen LogP) is 6.90. The quantitative estimate of drug-likeness (QED) is 0.378. The van der Waals surface area contributed by atoms with Crippen LogP contribution < -0.4 is 0 Å². The normalized spacial score (nSPS) is 11.4. The Bertz CT molecular complexity index is 1090. The standard InChI is InChI=1S/C29H28O/c1-29(2,26-14-16-27(30)17-15-26)28-18-13-24(19-22-9-5-3-6-10-22)21-25(28)20-23-11-7-4-8-12-23/h3-18,21,30H,19-20H2,1-2H3. The third-order valence-corrected chi connectivity index (χ3v) is 5.92. The summed E-state index contributed by atoms with van der Waals surface area (Å²) < 4.78 is 0. The first kappa shape index (κ1) is 20.0. The van der Waals surface area contributed by atoms with Crippen LogP contribution in [-0.4, -0.2) is 5.11 Å². The van der Waals surface area contributed by atoms with E-state index in [0.717, 1.165) is 12.8 Å². The minimum atomic E-state index is -0.164. The van der Waals surface area contributed by atoms with Crippen molar-refractivity contribution >= 4 is 0 Å². The van der Waals surface area contributed by atoms with E-state index in [1.165, 1.54) is 33.4 Å². The van der Waals surface area contributed by atoms with E-state index in [1.807, 2.05) is 12.1 Å². The van der Waals surface area contributed by atoms with Crippen LogP contribution in [0, 0.1) is 0 Å². The van der Waals surface area contributed by atoms with Gasteiger partial charge in [-0.2, -0.15) is 0 Å². The van der Waals surface area contributed by atoms with Gasteiger partial charge in [-0.3, -0.25) is 0 Å². The fourth-order valence-electron chi connectivity index (χ4n) is 4.19. The summed E-state index contributed by atoms with van der Waals surface area (Å²) in [5.41, 5.74) is 7.69. The lowest BCUT2D eigenvalue weighted by Gasteiger charge is -2.29. The third kappa shape index (κ3) is 4.46. The summed E-state index contributed by atoms with van der Waals surface area (Å²) in [7, 11) is 0. The summed E-state index contributed by atoms with van der Waals surface area (Å²) in [6, 6.07) is 35.8. The summed E-state index contributed by atoms with van der Waals surface area (Å²) in [5, 5.41) is 9.72. The monoisotopic (exact) mass is 392 g/mol. The Labute approximate surface area is 179 Å². The van der Waals surface area contributed by atoms with Crippen molar-refractivity contribution < 1.29 is 5.11 Å². The number of benzene rings is 4. The van der Waals surface area contributed by atoms with E-state index in [1.54, 1.807) is 12.1 Å². The van der Waals surface area contributed by atoms with E-state index < -0.39 is 0 Å². The van der Waals surface area contributed by atoms with Gasteiger partial charge in [0.15, 0.2) is 0 Å². The van der Waals surface area contributed by atoms with Gasteiger partial charge in [0.2, 0.25) is 0 Å². The first-order chi connectivity index (χ1) is 14.5. The number of hydrogen-bond donors (Lipinski definition) is 1. The van der Waals surface area contributed by atoms with E-state index >= 15 is 0 Å². The van der Waals surface area contributed by atoms with E-state index in [-0.39, 0.29) is 5.41 Å². The van der Waals surface area contributed by atoms with Crippen molar-refractivity contribution in [3.63, 3.8) is 0 Å². The maximum Gasteiger partial charge on any atom is 0.115 e. The second-order valence-electron chi connectivity index (χ2n) is 8.49. The van der Waals surface area contributed by atoms with Gasteiger partial charge in [-0.1, -0.05) is 105 Å². The molecule has 1 heteroatoms. The highest BCUT2D eigenvalue weighted by atomic mass is 16.3. The number of hydrogen-bond acceptors (Lipinski definition) is 1. The zero-order valence-electron chi connectivity index (χ0n) is 17.7. The molecule has 0 heterocycles. The second-order valence-corrected chi connectivity index (χ2v) is 8.49. The Hall–Kier alpha value is -3.32. The molecular weight excluding hydrogens is 364 g/mol. The zero-order valence-corrected chi connectivity index (χ0v) is 17.7. The lowest BCUT2D eigenvalue weighted by molar-refractivity contribution is 0.474. The van der Waals surface area contributed by atoms with Crippen LogP contribution in [0.25, 0.3) is 0 Å². The third-order valence-electron chi connectivity index (χ3n) is 5.92. The van der Waals surface area contributed by atoms with Gasteiger partial charge in [0.1, 0.15) is 5.75 Å². The molecule has 0 unspecified atom stereocenters. The number of phenols is 1. The molecule has 4 rings (SSSR count). The summed E-state index contributed by atoms with van der Waals surface area (Å²) in [6.07, 6.45) is 1.84. The first-order valence-electron chi connectivity index (χ1n) is 10.5. The highest BCUT2D eigenvalue weighted by Gasteiger charge is 2.26. The number of aromatic hydroxyl groups is 1. The molecule has 0 radical (unpaired) electrons. The van der Waals surface area contributed by atoms with Crippen molar-refractivity contribution in [2.75, 3.05) is 0 Å². The van der Waals surface area contributed by atoms with Crippen molar-refractivity contribution in [3.8, 4) is 5.75 Å². The molecule has 0 aliphatic heterocycles. The van der Waals surface area contributed by atoms with Crippen LogP contribution in [0.1, 0.15) is 47.2 Å². The summed E-state index contributed by atoms with van der Waals surface area (Å²) in [6.45, 7) is 4.53. The highest BCUT2D eigenvalue weighted by Crippen LogP contribution is 2.36. The van der Waals surface area contributed by atoms with Crippen LogP contribution in [0.2, 0.25) is 0 Å². The average molecular weight is 393 g/mol. The van der Waals surface area contributed by atoms with E-state index in [2.05, 4.69) is 92.7 Å². The number of rotatable bonds is 6.